The molecule has 5 nitrogen and oxygen atoms in total. The molecule has 2 aromatic carbocycles. The van der Waals surface area contributed by atoms with Crippen LogP contribution in [0.25, 0.3) is 0 Å². The SMILES string of the molecule is O=C(CCc1ccccc1)Nc1nc(C(=O)Nc2ccccc2Cl)cs1. The van der Waals surface area contributed by atoms with Crippen molar-refractivity contribution in [1.29, 1.82) is 0 Å². The van der Waals surface area contributed by atoms with Crippen LogP contribution in [-0.4, -0.2) is 16.8 Å². The minimum atomic E-state index is -0.376. The van der Waals surface area contributed by atoms with Gasteiger partial charge in [-0.3, -0.25) is 9.59 Å². The number of hydrogen-bond donors (Lipinski definition) is 2. The zero-order valence-electron chi connectivity index (χ0n) is 13.7. The number of carbonyl (C=O) groups is 2. The molecule has 0 radical (unpaired) electrons. The van der Waals surface area contributed by atoms with Crippen LogP contribution in [0.15, 0.2) is 60.0 Å². The van der Waals surface area contributed by atoms with E-state index in [0.717, 1.165) is 5.56 Å². The summed E-state index contributed by atoms with van der Waals surface area (Å²) in [5.41, 5.74) is 1.84. The minimum absolute atomic E-state index is 0.138. The van der Waals surface area contributed by atoms with Gasteiger partial charge in [-0.15, -0.1) is 11.3 Å². The summed E-state index contributed by atoms with van der Waals surface area (Å²) in [4.78, 5) is 28.4. The van der Waals surface area contributed by atoms with E-state index in [1.54, 1.807) is 29.6 Å². The van der Waals surface area contributed by atoms with Crippen LogP contribution in [0.4, 0.5) is 10.8 Å². The quantitative estimate of drug-likeness (QED) is 0.650. The second-order valence-corrected chi connectivity index (χ2v) is 6.77. The van der Waals surface area contributed by atoms with E-state index in [4.69, 9.17) is 11.6 Å². The van der Waals surface area contributed by atoms with Crippen molar-refractivity contribution >= 4 is 45.6 Å². The van der Waals surface area contributed by atoms with Gasteiger partial charge < -0.3 is 10.6 Å². The first-order chi connectivity index (χ1) is 12.6. The molecular formula is C19H16ClN3O2S. The lowest BCUT2D eigenvalue weighted by atomic mass is 10.1. The maximum atomic E-state index is 12.2. The zero-order valence-corrected chi connectivity index (χ0v) is 15.3. The Morgan fingerprint density at radius 3 is 2.50 bits per heavy atom. The number of halogens is 1. The number of anilines is 2. The number of para-hydroxylation sites is 1. The van der Waals surface area contributed by atoms with Crippen molar-refractivity contribution in [3.63, 3.8) is 0 Å². The minimum Gasteiger partial charge on any atom is -0.319 e. The summed E-state index contributed by atoms with van der Waals surface area (Å²) in [6.07, 6.45) is 1.00. The van der Waals surface area contributed by atoms with E-state index in [0.29, 0.717) is 28.7 Å². The van der Waals surface area contributed by atoms with Crippen molar-refractivity contribution in [2.45, 2.75) is 12.8 Å². The summed E-state index contributed by atoms with van der Waals surface area (Å²) in [5.74, 6) is -0.514. The van der Waals surface area contributed by atoms with E-state index in [2.05, 4.69) is 15.6 Å². The van der Waals surface area contributed by atoms with E-state index in [9.17, 15) is 9.59 Å². The molecule has 2 N–H and O–H groups in total. The van der Waals surface area contributed by atoms with Gasteiger partial charge in [-0.2, -0.15) is 0 Å². The van der Waals surface area contributed by atoms with Crippen molar-refractivity contribution in [2.75, 3.05) is 10.6 Å². The third-order valence-electron chi connectivity index (χ3n) is 3.59. The molecule has 0 saturated heterocycles. The molecule has 3 rings (SSSR count). The Balaban J connectivity index is 1.55. The summed E-state index contributed by atoms with van der Waals surface area (Å²) in [7, 11) is 0. The number of carbonyl (C=O) groups excluding carboxylic acids is 2. The number of aromatic nitrogens is 1. The van der Waals surface area contributed by atoms with Gasteiger partial charge in [0.2, 0.25) is 5.91 Å². The Labute approximate surface area is 160 Å². The normalized spacial score (nSPS) is 10.3. The van der Waals surface area contributed by atoms with Crippen LogP contribution in [0.3, 0.4) is 0 Å². The lowest BCUT2D eigenvalue weighted by Gasteiger charge is -2.05. The molecular weight excluding hydrogens is 370 g/mol. The van der Waals surface area contributed by atoms with E-state index in [1.807, 2.05) is 30.3 Å². The molecule has 0 bridgehead atoms. The van der Waals surface area contributed by atoms with Crippen molar-refractivity contribution in [1.82, 2.24) is 4.98 Å². The highest BCUT2D eigenvalue weighted by molar-refractivity contribution is 7.14. The van der Waals surface area contributed by atoms with E-state index >= 15 is 0 Å². The maximum absolute atomic E-state index is 12.2. The Hall–Kier alpha value is -2.70. The van der Waals surface area contributed by atoms with E-state index in [1.165, 1.54) is 11.3 Å². The largest absolute Gasteiger partial charge is 0.319 e. The molecule has 1 aromatic heterocycles. The fourth-order valence-electron chi connectivity index (χ4n) is 2.27. The van der Waals surface area contributed by atoms with E-state index in [-0.39, 0.29) is 17.5 Å². The summed E-state index contributed by atoms with van der Waals surface area (Å²) in [6.45, 7) is 0. The number of aryl methyl sites for hydroxylation is 1. The lowest BCUT2D eigenvalue weighted by Crippen LogP contribution is -2.14. The van der Waals surface area contributed by atoms with Gasteiger partial charge in [-0.05, 0) is 24.1 Å². The molecule has 26 heavy (non-hydrogen) atoms. The Morgan fingerprint density at radius 2 is 1.73 bits per heavy atom. The highest BCUT2D eigenvalue weighted by Gasteiger charge is 2.13. The summed E-state index contributed by atoms with van der Waals surface area (Å²) in [5, 5.41) is 7.87. The highest BCUT2D eigenvalue weighted by atomic mass is 35.5. The first-order valence-electron chi connectivity index (χ1n) is 7.97. The lowest BCUT2D eigenvalue weighted by molar-refractivity contribution is -0.116. The summed E-state index contributed by atoms with van der Waals surface area (Å²) >= 11 is 7.23. The van der Waals surface area contributed by atoms with Gasteiger partial charge in [-0.1, -0.05) is 54.1 Å². The molecule has 2 amide bonds. The number of nitrogens with one attached hydrogen (secondary N) is 2. The zero-order chi connectivity index (χ0) is 18.4. The second-order valence-electron chi connectivity index (χ2n) is 5.51. The van der Waals surface area contributed by atoms with Crippen molar-refractivity contribution in [3.8, 4) is 0 Å². The van der Waals surface area contributed by atoms with Gasteiger partial charge in [-0.25, -0.2) is 4.98 Å². The standard InChI is InChI=1S/C19H16ClN3O2S/c20-14-8-4-5-9-15(14)21-18(25)16-12-26-19(22-16)23-17(24)11-10-13-6-2-1-3-7-13/h1-9,12H,10-11H2,(H,21,25)(H,22,23,24). The van der Waals surface area contributed by atoms with Crippen molar-refractivity contribution < 1.29 is 9.59 Å². The molecule has 0 unspecified atom stereocenters. The average molecular weight is 386 g/mol. The fraction of sp³-hybridized carbons (Fsp3) is 0.105. The topological polar surface area (TPSA) is 71.1 Å². The average Bonchev–Trinajstić information content (AvgIpc) is 3.11. The number of rotatable bonds is 6. The smallest absolute Gasteiger partial charge is 0.275 e. The van der Waals surface area contributed by atoms with Crippen LogP contribution < -0.4 is 10.6 Å². The van der Waals surface area contributed by atoms with Crippen molar-refractivity contribution in [3.05, 3.63) is 76.3 Å². The van der Waals surface area contributed by atoms with Crippen LogP contribution in [0.2, 0.25) is 5.02 Å². The Kier molecular flexibility index (Phi) is 5.99. The summed E-state index contributed by atoms with van der Waals surface area (Å²) in [6, 6.07) is 16.7. The molecule has 0 aliphatic heterocycles. The Bertz CT molecular complexity index is 912. The second kappa shape index (κ2) is 8.60. The van der Waals surface area contributed by atoms with Gasteiger partial charge in [0.1, 0.15) is 5.69 Å². The third kappa shape index (κ3) is 4.91. The molecule has 0 fully saturated rings. The molecule has 0 aliphatic rings. The monoisotopic (exact) mass is 385 g/mol. The van der Waals surface area contributed by atoms with Gasteiger partial charge in [0.15, 0.2) is 5.13 Å². The van der Waals surface area contributed by atoms with Crippen LogP contribution in [0, 0.1) is 0 Å². The van der Waals surface area contributed by atoms with Crippen LogP contribution in [0.5, 0.6) is 0 Å². The van der Waals surface area contributed by atoms with Crippen LogP contribution >= 0.6 is 22.9 Å². The molecule has 0 atom stereocenters. The van der Waals surface area contributed by atoms with Gasteiger partial charge in [0, 0.05) is 11.8 Å². The van der Waals surface area contributed by atoms with Crippen LogP contribution in [0.1, 0.15) is 22.5 Å². The predicted octanol–water partition coefficient (Wildman–Crippen LogP) is 4.62. The molecule has 7 heteroatoms. The van der Waals surface area contributed by atoms with E-state index < -0.39 is 0 Å². The molecule has 1 heterocycles. The van der Waals surface area contributed by atoms with Crippen molar-refractivity contribution in [2.24, 2.45) is 0 Å². The number of thiazole rings is 1. The molecule has 0 aliphatic carbocycles. The van der Waals surface area contributed by atoms with Gasteiger partial charge >= 0.3 is 0 Å². The first-order valence-corrected chi connectivity index (χ1v) is 9.23. The Morgan fingerprint density at radius 1 is 1.00 bits per heavy atom. The number of nitrogens with zero attached hydrogens (tertiary/aromatic N) is 1. The molecule has 0 spiro atoms. The molecule has 3 aromatic rings. The van der Waals surface area contributed by atoms with Crippen LogP contribution in [-0.2, 0) is 11.2 Å². The summed E-state index contributed by atoms with van der Waals surface area (Å²) < 4.78 is 0. The molecule has 0 saturated carbocycles. The maximum Gasteiger partial charge on any atom is 0.275 e. The first kappa shape index (κ1) is 18.1. The predicted molar refractivity (Wildman–Crippen MR) is 105 cm³/mol. The number of hydrogen-bond acceptors (Lipinski definition) is 4. The van der Waals surface area contributed by atoms with Gasteiger partial charge in [0.25, 0.3) is 5.91 Å². The third-order valence-corrected chi connectivity index (χ3v) is 4.68. The fourth-order valence-corrected chi connectivity index (χ4v) is 3.16. The number of benzene rings is 2. The number of amides is 2. The highest BCUT2D eigenvalue weighted by Crippen LogP contribution is 2.22. The molecule has 132 valence electrons. The van der Waals surface area contributed by atoms with Gasteiger partial charge in [0.05, 0.1) is 10.7 Å².